The van der Waals surface area contributed by atoms with Gasteiger partial charge in [-0.05, 0) is 24.3 Å². The maximum absolute atomic E-state index is 12.0. The minimum absolute atomic E-state index is 0.234. The number of anilines is 2. The van der Waals surface area contributed by atoms with Crippen LogP contribution in [0.1, 0.15) is 10.4 Å². The van der Waals surface area contributed by atoms with E-state index >= 15 is 0 Å². The Labute approximate surface area is 175 Å². The third-order valence-corrected chi connectivity index (χ3v) is 4.85. The number of nitriles is 1. The first-order valence-corrected chi connectivity index (χ1v) is 9.07. The molecule has 0 aliphatic heterocycles. The zero-order valence-electron chi connectivity index (χ0n) is 15.9. The van der Waals surface area contributed by atoms with Crippen LogP contribution in [-0.4, -0.2) is 38.0 Å². The highest BCUT2D eigenvalue weighted by Crippen LogP contribution is 2.32. The number of carbonyl (C=O) groups excluding carboxylic acids is 1. The summed E-state index contributed by atoms with van der Waals surface area (Å²) in [5.74, 6) is 0.642. The standard InChI is InChI=1S/C19H15ClN8O2/c1-28-19(24-14-6-5-13-12(16(14)20)8-23-26-13)25-17(27-28)10-3-4-11(15(7-10)30-2)18(29)22-9-21/h3-8H,1-2H3,(H,22,29)(H,23,26)(H,24,25,27). The van der Waals surface area contributed by atoms with Gasteiger partial charge >= 0.3 is 0 Å². The summed E-state index contributed by atoms with van der Waals surface area (Å²) in [6.45, 7) is 0. The summed E-state index contributed by atoms with van der Waals surface area (Å²) in [4.78, 5) is 16.5. The maximum atomic E-state index is 12.0. The SMILES string of the molecule is COc1cc(-c2nc(Nc3ccc4[nH]ncc4c3Cl)n(C)n2)ccc1C(=O)NC#N. The van der Waals surface area contributed by atoms with Crippen molar-refractivity contribution in [1.29, 1.82) is 5.26 Å². The molecule has 30 heavy (non-hydrogen) atoms. The number of ether oxygens (including phenoxy) is 1. The van der Waals surface area contributed by atoms with Gasteiger partial charge in [0.05, 0.1) is 35.1 Å². The molecule has 150 valence electrons. The van der Waals surface area contributed by atoms with E-state index in [-0.39, 0.29) is 5.56 Å². The number of halogens is 1. The van der Waals surface area contributed by atoms with Gasteiger partial charge in [-0.1, -0.05) is 17.7 Å². The van der Waals surface area contributed by atoms with E-state index in [1.807, 2.05) is 12.1 Å². The number of benzene rings is 2. The molecule has 11 heteroatoms. The second-order valence-electron chi connectivity index (χ2n) is 6.25. The Bertz CT molecular complexity index is 1300. The highest BCUT2D eigenvalue weighted by molar-refractivity contribution is 6.38. The Morgan fingerprint density at radius 3 is 2.93 bits per heavy atom. The normalized spacial score (nSPS) is 10.6. The fourth-order valence-corrected chi connectivity index (χ4v) is 3.21. The molecule has 0 fully saturated rings. The minimum atomic E-state index is -0.554. The minimum Gasteiger partial charge on any atom is -0.496 e. The largest absolute Gasteiger partial charge is 0.496 e. The molecule has 0 aliphatic carbocycles. The van der Waals surface area contributed by atoms with E-state index in [1.54, 1.807) is 42.3 Å². The molecule has 0 saturated heterocycles. The van der Waals surface area contributed by atoms with Gasteiger partial charge in [0, 0.05) is 18.0 Å². The van der Waals surface area contributed by atoms with Crippen molar-refractivity contribution in [2.24, 2.45) is 7.05 Å². The number of rotatable bonds is 5. The van der Waals surface area contributed by atoms with Crippen molar-refractivity contribution in [2.75, 3.05) is 12.4 Å². The second-order valence-corrected chi connectivity index (χ2v) is 6.62. The number of hydrogen-bond acceptors (Lipinski definition) is 7. The molecule has 0 radical (unpaired) electrons. The van der Waals surface area contributed by atoms with Gasteiger partial charge in [0.15, 0.2) is 12.0 Å². The van der Waals surface area contributed by atoms with Crippen molar-refractivity contribution in [3.8, 4) is 23.3 Å². The average molecular weight is 423 g/mol. The Hall–Kier alpha value is -4.10. The number of hydrogen-bond donors (Lipinski definition) is 3. The number of aryl methyl sites for hydroxylation is 1. The maximum Gasteiger partial charge on any atom is 0.268 e. The van der Waals surface area contributed by atoms with Crippen molar-refractivity contribution in [1.82, 2.24) is 30.3 Å². The fourth-order valence-electron chi connectivity index (χ4n) is 2.95. The van der Waals surface area contributed by atoms with Crippen LogP contribution >= 0.6 is 11.6 Å². The van der Waals surface area contributed by atoms with Crippen LogP contribution in [0.3, 0.4) is 0 Å². The van der Waals surface area contributed by atoms with Crippen LogP contribution in [-0.2, 0) is 7.05 Å². The quantitative estimate of drug-likeness (QED) is 0.332. The summed E-state index contributed by atoms with van der Waals surface area (Å²) in [6, 6.07) is 8.55. The van der Waals surface area contributed by atoms with Gasteiger partial charge in [-0.15, -0.1) is 5.10 Å². The number of nitrogens with one attached hydrogen (secondary N) is 3. The molecular weight excluding hydrogens is 408 g/mol. The lowest BCUT2D eigenvalue weighted by Crippen LogP contribution is -2.18. The lowest BCUT2D eigenvalue weighted by molar-refractivity contribution is 0.0970. The van der Waals surface area contributed by atoms with Gasteiger partial charge in [0.1, 0.15) is 5.75 Å². The molecule has 4 aromatic rings. The van der Waals surface area contributed by atoms with Gasteiger partial charge < -0.3 is 10.1 Å². The van der Waals surface area contributed by atoms with Crippen molar-refractivity contribution in [3.05, 3.63) is 47.1 Å². The molecule has 3 N–H and O–H groups in total. The van der Waals surface area contributed by atoms with Crippen LogP contribution in [0.4, 0.5) is 11.6 Å². The number of methoxy groups -OCH3 is 1. The lowest BCUT2D eigenvalue weighted by Gasteiger charge is -2.07. The first-order valence-electron chi connectivity index (χ1n) is 8.69. The van der Waals surface area contributed by atoms with E-state index in [1.165, 1.54) is 7.11 Å². The number of nitrogens with zero attached hydrogens (tertiary/aromatic N) is 5. The molecule has 2 heterocycles. The zero-order valence-corrected chi connectivity index (χ0v) is 16.7. The van der Waals surface area contributed by atoms with Crippen molar-refractivity contribution < 1.29 is 9.53 Å². The summed E-state index contributed by atoms with van der Waals surface area (Å²) in [7, 11) is 3.18. The van der Waals surface area contributed by atoms with Gasteiger partial charge in [0.2, 0.25) is 5.95 Å². The number of fused-ring (bicyclic) bond motifs is 1. The molecule has 4 rings (SSSR count). The van der Waals surface area contributed by atoms with E-state index in [0.29, 0.717) is 33.8 Å². The smallest absolute Gasteiger partial charge is 0.268 e. The molecule has 0 atom stereocenters. The van der Waals surface area contributed by atoms with E-state index in [4.69, 9.17) is 21.6 Å². The molecule has 2 aromatic heterocycles. The van der Waals surface area contributed by atoms with E-state index in [2.05, 4.69) is 30.9 Å². The van der Waals surface area contributed by atoms with Gasteiger partial charge in [-0.25, -0.2) is 4.68 Å². The van der Waals surface area contributed by atoms with Crippen molar-refractivity contribution >= 4 is 40.0 Å². The van der Waals surface area contributed by atoms with Gasteiger partial charge in [-0.3, -0.25) is 15.2 Å². The highest BCUT2D eigenvalue weighted by atomic mass is 35.5. The number of carbonyl (C=O) groups is 1. The van der Waals surface area contributed by atoms with Gasteiger partial charge in [-0.2, -0.15) is 15.3 Å². The number of H-pyrrole nitrogens is 1. The molecule has 1 amide bonds. The predicted molar refractivity (Wildman–Crippen MR) is 110 cm³/mol. The summed E-state index contributed by atoms with van der Waals surface area (Å²) in [5.41, 5.74) is 2.36. The second kappa shape index (κ2) is 7.73. The van der Waals surface area contributed by atoms with Crippen LogP contribution in [0.15, 0.2) is 36.5 Å². The summed E-state index contributed by atoms with van der Waals surface area (Å²) in [5, 5.41) is 26.5. The number of aromatic nitrogens is 5. The van der Waals surface area contributed by atoms with Crippen molar-refractivity contribution in [3.63, 3.8) is 0 Å². The molecule has 0 bridgehead atoms. The highest BCUT2D eigenvalue weighted by Gasteiger charge is 2.17. The van der Waals surface area contributed by atoms with Crippen molar-refractivity contribution in [2.45, 2.75) is 0 Å². The van der Waals surface area contributed by atoms with E-state index in [0.717, 1.165) is 10.9 Å². The fraction of sp³-hybridized carbons (Fsp3) is 0.105. The average Bonchev–Trinajstić information content (AvgIpc) is 3.37. The molecule has 2 aromatic carbocycles. The van der Waals surface area contributed by atoms with Crippen LogP contribution in [0.5, 0.6) is 5.75 Å². The van der Waals surface area contributed by atoms with Crippen LogP contribution < -0.4 is 15.4 Å². The first-order chi connectivity index (χ1) is 14.5. The molecule has 0 unspecified atom stereocenters. The molecular formula is C19H15ClN8O2. The zero-order chi connectivity index (χ0) is 21.3. The first kappa shape index (κ1) is 19.2. The molecule has 0 spiro atoms. The Morgan fingerprint density at radius 1 is 1.33 bits per heavy atom. The number of aromatic amines is 1. The van der Waals surface area contributed by atoms with Crippen LogP contribution in [0.25, 0.3) is 22.3 Å². The Morgan fingerprint density at radius 2 is 2.17 bits per heavy atom. The Balaban J connectivity index is 1.66. The summed E-state index contributed by atoms with van der Waals surface area (Å²) < 4.78 is 6.86. The third-order valence-electron chi connectivity index (χ3n) is 4.44. The lowest BCUT2D eigenvalue weighted by atomic mass is 10.1. The predicted octanol–water partition coefficient (Wildman–Crippen LogP) is 2.97. The monoisotopic (exact) mass is 422 g/mol. The number of amides is 1. The third kappa shape index (κ3) is 3.38. The van der Waals surface area contributed by atoms with Crippen LogP contribution in [0, 0.1) is 11.5 Å². The van der Waals surface area contributed by atoms with E-state index < -0.39 is 5.91 Å². The molecule has 10 nitrogen and oxygen atoms in total. The summed E-state index contributed by atoms with van der Waals surface area (Å²) >= 11 is 6.46. The van der Waals surface area contributed by atoms with Crippen LogP contribution in [0.2, 0.25) is 5.02 Å². The van der Waals surface area contributed by atoms with E-state index in [9.17, 15) is 4.79 Å². The summed E-state index contributed by atoms with van der Waals surface area (Å²) in [6.07, 6.45) is 3.26. The molecule has 0 saturated carbocycles. The molecule has 0 aliphatic rings. The van der Waals surface area contributed by atoms with Gasteiger partial charge in [0.25, 0.3) is 5.91 Å². The Kier molecular flexibility index (Phi) is 4.95. The topological polar surface area (TPSA) is 134 Å².